The molecule has 106 valence electrons. The first-order valence-corrected chi connectivity index (χ1v) is 6.42. The maximum atomic E-state index is 13.1. The first-order chi connectivity index (χ1) is 9.34. The maximum absolute atomic E-state index is 13.1. The van der Waals surface area contributed by atoms with E-state index in [4.69, 9.17) is 11.6 Å². The average molecular weight is 301 g/mol. The van der Waals surface area contributed by atoms with E-state index in [2.05, 4.69) is 9.97 Å². The second kappa shape index (κ2) is 5.40. The largest absolute Gasteiger partial charge is 0.417 e. The normalized spacial score (nSPS) is 11.7. The zero-order valence-corrected chi connectivity index (χ0v) is 11.7. The lowest BCUT2D eigenvalue weighted by atomic mass is 10.0. The standard InChI is InChI=1S/C14H12ClF3N2/c1-3-11-19-12(8(2)13(15)20-11)9-6-4-5-7-10(9)14(16,17)18/h4-7H,3H2,1-2H3. The summed E-state index contributed by atoms with van der Waals surface area (Å²) in [6, 6.07) is 5.33. The SMILES string of the molecule is CCc1nc(Cl)c(C)c(-c2ccccc2C(F)(F)F)n1. The highest BCUT2D eigenvalue weighted by atomic mass is 35.5. The van der Waals surface area contributed by atoms with Gasteiger partial charge in [0.25, 0.3) is 0 Å². The van der Waals surface area contributed by atoms with Gasteiger partial charge >= 0.3 is 6.18 Å². The molecule has 0 atom stereocenters. The smallest absolute Gasteiger partial charge is 0.233 e. The number of benzene rings is 1. The van der Waals surface area contributed by atoms with Gasteiger partial charge in [-0.15, -0.1) is 0 Å². The van der Waals surface area contributed by atoms with E-state index in [-0.39, 0.29) is 16.4 Å². The summed E-state index contributed by atoms with van der Waals surface area (Å²) in [5, 5.41) is 0.184. The molecule has 0 fully saturated rings. The van der Waals surface area contributed by atoms with Gasteiger partial charge < -0.3 is 0 Å². The molecule has 0 aliphatic carbocycles. The Kier molecular flexibility index (Phi) is 3.99. The highest BCUT2D eigenvalue weighted by Crippen LogP contribution is 2.38. The van der Waals surface area contributed by atoms with Crippen molar-refractivity contribution in [3.8, 4) is 11.3 Å². The second-order valence-corrected chi connectivity index (χ2v) is 4.66. The number of alkyl halides is 3. The van der Waals surface area contributed by atoms with Gasteiger partial charge in [-0.2, -0.15) is 13.2 Å². The summed E-state index contributed by atoms with van der Waals surface area (Å²) in [7, 11) is 0. The fourth-order valence-corrected chi connectivity index (χ4v) is 2.08. The van der Waals surface area contributed by atoms with Crippen LogP contribution in [0.15, 0.2) is 24.3 Å². The Morgan fingerprint density at radius 2 is 1.80 bits per heavy atom. The third-order valence-electron chi connectivity index (χ3n) is 2.94. The number of aromatic nitrogens is 2. The van der Waals surface area contributed by atoms with Gasteiger partial charge in [0.15, 0.2) is 0 Å². The number of aryl methyl sites for hydroxylation is 1. The Hall–Kier alpha value is -1.62. The number of hydrogen-bond donors (Lipinski definition) is 0. The first-order valence-electron chi connectivity index (χ1n) is 6.04. The van der Waals surface area contributed by atoms with Gasteiger partial charge in [-0.3, -0.25) is 0 Å². The van der Waals surface area contributed by atoms with Crippen LogP contribution in [0.1, 0.15) is 23.9 Å². The molecule has 6 heteroatoms. The minimum absolute atomic E-state index is 0.0245. The van der Waals surface area contributed by atoms with Crippen molar-refractivity contribution < 1.29 is 13.2 Å². The molecule has 2 nitrogen and oxygen atoms in total. The number of nitrogens with zero attached hydrogens (tertiary/aromatic N) is 2. The summed E-state index contributed by atoms with van der Waals surface area (Å²) in [5.41, 5.74) is -0.0215. The average Bonchev–Trinajstić information content (AvgIpc) is 2.40. The van der Waals surface area contributed by atoms with Crippen LogP contribution < -0.4 is 0 Å². The van der Waals surface area contributed by atoms with E-state index in [1.165, 1.54) is 12.1 Å². The molecule has 0 bridgehead atoms. The molecular weight excluding hydrogens is 289 g/mol. The summed E-state index contributed by atoms with van der Waals surface area (Å²) in [5.74, 6) is 0.424. The lowest BCUT2D eigenvalue weighted by Gasteiger charge is -2.14. The Morgan fingerprint density at radius 1 is 1.15 bits per heavy atom. The van der Waals surface area contributed by atoms with Gasteiger partial charge in [0.2, 0.25) is 0 Å². The van der Waals surface area contributed by atoms with Crippen molar-refractivity contribution in [3.05, 3.63) is 46.4 Å². The lowest BCUT2D eigenvalue weighted by molar-refractivity contribution is -0.137. The molecule has 1 aromatic carbocycles. The summed E-state index contributed by atoms with van der Waals surface area (Å²) >= 11 is 5.98. The van der Waals surface area contributed by atoms with E-state index >= 15 is 0 Å². The minimum atomic E-state index is -4.44. The molecule has 20 heavy (non-hydrogen) atoms. The molecule has 0 saturated carbocycles. The maximum Gasteiger partial charge on any atom is 0.417 e. The molecule has 0 saturated heterocycles. The number of halogens is 4. The molecule has 0 radical (unpaired) electrons. The quantitative estimate of drug-likeness (QED) is 0.752. The molecule has 0 aliphatic heterocycles. The molecule has 2 aromatic rings. The Labute approximate surface area is 119 Å². The second-order valence-electron chi connectivity index (χ2n) is 4.30. The van der Waals surface area contributed by atoms with Gasteiger partial charge in [0.1, 0.15) is 11.0 Å². The van der Waals surface area contributed by atoms with E-state index in [1.54, 1.807) is 13.0 Å². The van der Waals surface area contributed by atoms with Crippen molar-refractivity contribution in [2.45, 2.75) is 26.4 Å². The van der Waals surface area contributed by atoms with Crippen LogP contribution in [0.3, 0.4) is 0 Å². The predicted octanol–water partition coefficient (Wildman–Crippen LogP) is 4.69. The van der Waals surface area contributed by atoms with Crippen LogP contribution in [0.25, 0.3) is 11.3 Å². The topological polar surface area (TPSA) is 25.8 Å². The van der Waals surface area contributed by atoms with E-state index in [9.17, 15) is 13.2 Å². The van der Waals surface area contributed by atoms with E-state index in [1.807, 2.05) is 6.92 Å². The summed E-state index contributed by atoms with van der Waals surface area (Å²) in [4.78, 5) is 8.24. The van der Waals surface area contributed by atoms with Gasteiger partial charge in [-0.1, -0.05) is 36.7 Å². The zero-order chi connectivity index (χ0) is 14.9. The van der Waals surface area contributed by atoms with Crippen LogP contribution in [-0.4, -0.2) is 9.97 Å². The number of rotatable bonds is 2. The van der Waals surface area contributed by atoms with Crippen LogP contribution in [0.2, 0.25) is 5.15 Å². The van der Waals surface area contributed by atoms with Gasteiger partial charge in [0, 0.05) is 17.5 Å². The van der Waals surface area contributed by atoms with Crippen LogP contribution in [0.4, 0.5) is 13.2 Å². The molecule has 2 rings (SSSR count). The predicted molar refractivity (Wildman–Crippen MR) is 71.6 cm³/mol. The molecule has 1 aromatic heterocycles. The van der Waals surface area contributed by atoms with Gasteiger partial charge in [-0.05, 0) is 13.0 Å². The first kappa shape index (κ1) is 14.8. The molecular formula is C14H12ClF3N2. The van der Waals surface area contributed by atoms with Crippen molar-refractivity contribution in [2.24, 2.45) is 0 Å². The minimum Gasteiger partial charge on any atom is -0.233 e. The summed E-state index contributed by atoms with van der Waals surface area (Å²) in [6.45, 7) is 3.44. The van der Waals surface area contributed by atoms with Gasteiger partial charge in [-0.25, -0.2) is 9.97 Å². The fourth-order valence-electron chi connectivity index (χ4n) is 1.89. The molecule has 0 unspecified atom stereocenters. The molecule has 0 spiro atoms. The lowest BCUT2D eigenvalue weighted by Crippen LogP contribution is -2.09. The van der Waals surface area contributed by atoms with Gasteiger partial charge in [0.05, 0.1) is 11.3 Å². The summed E-state index contributed by atoms with van der Waals surface area (Å²) < 4.78 is 39.2. The highest BCUT2D eigenvalue weighted by Gasteiger charge is 2.34. The molecule has 0 aliphatic rings. The Balaban J connectivity index is 2.72. The highest BCUT2D eigenvalue weighted by molar-refractivity contribution is 6.30. The Bertz CT molecular complexity index is 639. The van der Waals surface area contributed by atoms with Crippen LogP contribution in [0, 0.1) is 6.92 Å². The van der Waals surface area contributed by atoms with E-state index in [0.717, 1.165) is 6.07 Å². The van der Waals surface area contributed by atoms with E-state index in [0.29, 0.717) is 17.8 Å². The molecule has 0 amide bonds. The number of hydrogen-bond acceptors (Lipinski definition) is 2. The van der Waals surface area contributed by atoms with Crippen LogP contribution >= 0.6 is 11.6 Å². The zero-order valence-electron chi connectivity index (χ0n) is 10.9. The third-order valence-corrected chi connectivity index (χ3v) is 3.30. The molecule has 1 heterocycles. The Morgan fingerprint density at radius 3 is 2.40 bits per heavy atom. The monoisotopic (exact) mass is 300 g/mol. The third kappa shape index (κ3) is 2.77. The van der Waals surface area contributed by atoms with Crippen molar-refractivity contribution in [2.75, 3.05) is 0 Å². The fraction of sp³-hybridized carbons (Fsp3) is 0.286. The van der Waals surface area contributed by atoms with Crippen molar-refractivity contribution in [3.63, 3.8) is 0 Å². The van der Waals surface area contributed by atoms with Crippen LogP contribution in [-0.2, 0) is 12.6 Å². The van der Waals surface area contributed by atoms with Crippen molar-refractivity contribution in [1.82, 2.24) is 9.97 Å². The van der Waals surface area contributed by atoms with Crippen molar-refractivity contribution >= 4 is 11.6 Å². The van der Waals surface area contributed by atoms with Crippen molar-refractivity contribution in [1.29, 1.82) is 0 Å². The van der Waals surface area contributed by atoms with E-state index < -0.39 is 11.7 Å². The molecule has 0 N–H and O–H groups in total. The van der Waals surface area contributed by atoms with Crippen LogP contribution in [0.5, 0.6) is 0 Å². The summed E-state index contributed by atoms with van der Waals surface area (Å²) in [6.07, 6.45) is -3.94.